The van der Waals surface area contributed by atoms with Gasteiger partial charge in [-0.25, -0.2) is 0 Å². The van der Waals surface area contributed by atoms with Crippen LogP contribution in [0, 0.1) is 0 Å². The van der Waals surface area contributed by atoms with Crippen molar-refractivity contribution in [1.29, 1.82) is 0 Å². The van der Waals surface area contributed by atoms with Gasteiger partial charge in [0.05, 0.1) is 0 Å². The number of unbranched alkanes of at least 4 members (excludes halogenated alkanes) is 21. The summed E-state index contributed by atoms with van der Waals surface area (Å²) in [4.78, 5) is 2.79. The van der Waals surface area contributed by atoms with Crippen LogP contribution in [0.15, 0.2) is 0 Å². The van der Waals surface area contributed by atoms with Gasteiger partial charge in [-0.15, -0.1) is 0 Å². The van der Waals surface area contributed by atoms with E-state index in [4.69, 9.17) is 0 Å². The molecule has 188 valence electrons. The van der Waals surface area contributed by atoms with Crippen molar-refractivity contribution in [3.8, 4) is 0 Å². The maximum Gasteiger partial charge on any atom is -0.00187 e. The number of nitrogens with zero attached hydrogens (tertiary/aromatic N) is 1. The lowest BCUT2D eigenvalue weighted by atomic mass is 10.0. The number of hydrogen-bond donors (Lipinski definition) is 0. The fourth-order valence-corrected chi connectivity index (χ4v) is 4.74. The second-order valence-electron chi connectivity index (χ2n) is 10.3. The SMILES string of the molecule is CCCCCCCCCCCCCCCCCCN(CCCCCC)CCCCCC. The molecule has 0 amide bonds. The van der Waals surface area contributed by atoms with Crippen molar-refractivity contribution in [2.24, 2.45) is 0 Å². The molecule has 0 spiro atoms. The van der Waals surface area contributed by atoms with Crippen LogP contribution >= 0.6 is 0 Å². The maximum atomic E-state index is 2.79. The van der Waals surface area contributed by atoms with Gasteiger partial charge in [0, 0.05) is 0 Å². The maximum absolute atomic E-state index is 2.79. The third kappa shape index (κ3) is 26.1. The van der Waals surface area contributed by atoms with E-state index in [-0.39, 0.29) is 0 Å². The molecule has 0 aliphatic carbocycles. The van der Waals surface area contributed by atoms with Crippen LogP contribution in [-0.2, 0) is 0 Å². The molecule has 0 aromatic rings. The molecule has 0 aromatic heterocycles. The minimum atomic E-state index is 1.35. The van der Waals surface area contributed by atoms with E-state index in [0.29, 0.717) is 0 Å². The Labute approximate surface area is 199 Å². The summed E-state index contributed by atoms with van der Waals surface area (Å²) in [6, 6.07) is 0. The summed E-state index contributed by atoms with van der Waals surface area (Å²) in [6.45, 7) is 11.0. The standard InChI is InChI=1S/C30H63N/c1-4-7-10-13-14-15-16-17-18-19-20-21-22-23-24-27-30-31(28-25-11-8-5-2)29-26-12-9-6-3/h4-30H2,1-3H3. The monoisotopic (exact) mass is 437 g/mol. The van der Waals surface area contributed by atoms with Crippen molar-refractivity contribution < 1.29 is 0 Å². The van der Waals surface area contributed by atoms with Gasteiger partial charge in [-0.2, -0.15) is 0 Å². The summed E-state index contributed by atoms with van der Waals surface area (Å²) >= 11 is 0. The average molecular weight is 438 g/mol. The van der Waals surface area contributed by atoms with Crippen LogP contribution in [0.1, 0.15) is 175 Å². The van der Waals surface area contributed by atoms with E-state index in [2.05, 4.69) is 25.7 Å². The van der Waals surface area contributed by atoms with Crippen molar-refractivity contribution in [3.63, 3.8) is 0 Å². The normalized spacial score (nSPS) is 11.6. The molecule has 0 saturated carbocycles. The summed E-state index contributed by atoms with van der Waals surface area (Å²) in [5, 5.41) is 0. The summed E-state index contributed by atoms with van der Waals surface area (Å²) in [5.41, 5.74) is 0. The predicted octanol–water partition coefficient (Wildman–Crippen LogP) is 10.7. The molecule has 0 heterocycles. The highest BCUT2D eigenvalue weighted by Crippen LogP contribution is 2.14. The first-order chi connectivity index (χ1) is 15.3. The minimum Gasteiger partial charge on any atom is -0.303 e. The molecule has 0 bridgehead atoms. The van der Waals surface area contributed by atoms with Crippen molar-refractivity contribution in [3.05, 3.63) is 0 Å². The van der Waals surface area contributed by atoms with Crippen LogP contribution < -0.4 is 0 Å². The Morgan fingerprint density at radius 3 is 0.710 bits per heavy atom. The highest BCUT2D eigenvalue weighted by molar-refractivity contribution is 4.60. The molecular formula is C30H63N. The van der Waals surface area contributed by atoms with E-state index in [1.807, 2.05) is 0 Å². The van der Waals surface area contributed by atoms with E-state index in [1.54, 1.807) is 0 Å². The van der Waals surface area contributed by atoms with Gasteiger partial charge in [0.25, 0.3) is 0 Å². The van der Waals surface area contributed by atoms with Crippen LogP contribution in [-0.4, -0.2) is 24.5 Å². The van der Waals surface area contributed by atoms with Crippen LogP contribution in [0.5, 0.6) is 0 Å². The Morgan fingerprint density at radius 1 is 0.258 bits per heavy atom. The number of rotatable bonds is 27. The van der Waals surface area contributed by atoms with Crippen LogP contribution in [0.3, 0.4) is 0 Å². The van der Waals surface area contributed by atoms with Crippen LogP contribution in [0.2, 0.25) is 0 Å². The second-order valence-corrected chi connectivity index (χ2v) is 10.3. The van der Waals surface area contributed by atoms with E-state index in [0.717, 1.165) is 0 Å². The lowest BCUT2D eigenvalue weighted by Gasteiger charge is -2.22. The van der Waals surface area contributed by atoms with Crippen molar-refractivity contribution in [2.75, 3.05) is 19.6 Å². The lowest BCUT2D eigenvalue weighted by molar-refractivity contribution is 0.254. The molecule has 0 unspecified atom stereocenters. The average Bonchev–Trinajstić information content (AvgIpc) is 2.78. The van der Waals surface area contributed by atoms with Gasteiger partial charge < -0.3 is 4.90 Å². The van der Waals surface area contributed by atoms with Crippen molar-refractivity contribution >= 4 is 0 Å². The van der Waals surface area contributed by atoms with Gasteiger partial charge in [-0.05, 0) is 38.9 Å². The Kier molecular flexibility index (Phi) is 28.0. The molecule has 0 saturated heterocycles. The third-order valence-electron chi connectivity index (χ3n) is 6.98. The van der Waals surface area contributed by atoms with Gasteiger partial charge in [0.15, 0.2) is 0 Å². The predicted molar refractivity (Wildman–Crippen MR) is 144 cm³/mol. The molecule has 0 N–H and O–H groups in total. The molecule has 0 atom stereocenters. The Balaban J connectivity index is 3.45. The van der Waals surface area contributed by atoms with Gasteiger partial charge in [0.1, 0.15) is 0 Å². The lowest BCUT2D eigenvalue weighted by Crippen LogP contribution is -2.27. The van der Waals surface area contributed by atoms with Gasteiger partial charge in [0.2, 0.25) is 0 Å². The first-order valence-corrected chi connectivity index (χ1v) is 15.1. The molecular weight excluding hydrogens is 374 g/mol. The van der Waals surface area contributed by atoms with E-state index in [1.165, 1.54) is 174 Å². The quantitative estimate of drug-likeness (QED) is 0.115. The number of hydrogen-bond acceptors (Lipinski definition) is 1. The van der Waals surface area contributed by atoms with Gasteiger partial charge >= 0.3 is 0 Å². The molecule has 0 aromatic carbocycles. The zero-order chi connectivity index (χ0) is 22.7. The Morgan fingerprint density at radius 2 is 0.452 bits per heavy atom. The molecule has 0 fully saturated rings. The summed E-state index contributed by atoms with van der Waals surface area (Å²) in [6.07, 6.45) is 34.7. The molecule has 0 aliphatic rings. The van der Waals surface area contributed by atoms with Gasteiger partial charge in [-0.1, -0.05) is 156 Å². The fourth-order valence-electron chi connectivity index (χ4n) is 4.74. The smallest absolute Gasteiger partial charge is 0.00187 e. The second kappa shape index (κ2) is 28.0. The zero-order valence-corrected chi connectivity index (χ0v) is 22.5. The minimum absolute atomic E-state index is 1.35. The van der Waals surface area contributed by atoms with Crippen molar-refractivity contribution in [1.82, 2.24) is 4.90 Å². The summed E-state index contributed by atoms with van der Waals surface area (Å²) in [7, 11) is 0. The van der Waals surface area contributed by atoms with Crippen LogP contribution in [0.25, 0.3) is 0 Å². The van der Waals surface area contributed by atoms with Crippen molar-refractivity contribution in [2.45, 2.75) is 175 Å². The van der Waals surface area contributed by atoms with Gasteiger partial charge in [-0.3, -0.25) is 0 Å². The fraction of sp³-hybridized carbons (Fsp3) is 1.00. The molecule has 1 heteroatoms. The molecule has 0 aliphatic heterocycles. The largest absolute Gasteiger partial charge is 0.303 e. The van der Waals surface area contributed by atoms with E-state index >= 15 is 0 Å². The van der Waals surface area contributed by atoms with E-state index < -0.39 is 0 Å². The summed E-state index contributed by atoms with van der Waals surface area (Å²) < 4.78 is 0. The van der Waals surface area contributed by atoms with Crippen LogP contribution in [0.4, 0.5) is 0 Å². The summed E-state index contributed by atoms with van der Waals surface area (Å²) in [5.74, 6) is 0. The first-order valence-electron chi connectivity index (χ1n) is 15.1. The molecule has 0 rings (SSSR count). The first kappa shape index (κ1) is 31.0. The third-order valence-corrected chi connectivity index (χ3v) is 6.98. The molecule has 0 radical (unpaired) electrons. The highest BCUT2D eigenvalue weighted by atomic mass is 15.1. The van der Waals surface area contributed by atoms with E-state index in [9.17, 15) is 0 Å². The Bertz CT molecular complexity index is 289. The topological polar surface area (TPSA) is 3.24 Å². The highest BCUT2D eigenvalue weighted by Gasteiger charge is 2.04. The zero-order valence-electron chi connectivity index (χ0n) is 22.5. The molecule has 31 heavy (non-hydrogen) atoms. The Hall–Kier alpha value is -0.0400. The molecule has 1 nitrogen and oxygen atoms in total.